The summed E-state index contributed by atoms with van der Waals surface area (Å²) < 4.78 is 1.71. The number of aryl methyl sites for hydroxylation is 1. The number of nitrogens with zero attached hydrogens (tertiary/aromatic N) is 5. The van der Waals surface area contributed by atoms with Crippen LogP contribution in [0.25, 0.3) is 11.2 Å². The van der Waals surface area contributed by atoms with Crippen LogP contribution < -0.4 is 5.32 Å². The second-order valence-corrected chi connectivity index (χ2v) is 4.86. The van der Waals surface area contributed by atoms with E-state index < -0.39 is 0 Å². The summed E-state index contributed by atoms with van der Waals surface area (Å²) in [5.41, 5.74) is 1.35. The smallest absolute Gasteiger partial charge is 0.230 e. The van der Waals surface area contributed by atoms with Gasteiger partial charge in [-0.05, 0) is 13.3 Å². The third-order valence-corrected chi connectivity index (χ3v) is 3.46. The monoisotopic (exact) mass is 280 g/mol. The first-order chi connectivity index (χ1) is 9.26. The van der Waals surface area contributed by atoms with Gasteiger partial charge in [0.05, 0.1) is 5.75 Å². The lowest BCUT2D eigenvalue weighted by atomic mass is 10.5. The lowest BCUT2D eigenvalue weighted by Crippen LogP contribution is -2.25. The van der Waals surface area contributed by atoms with Gasteiger partial charge in [-0.25, -0.2) is 14.6 Å². The van der Waals surface area contributed by atoms with Crippen molar-refractivity contribution >= 4 is 28.8 Å². The van der Waals surface area contributed by atoms with Crippen LogP contribution in [0, 0.1) is 0 Å². The van der Waals surface area contributed by atoms with Crippen LogP contribution in [0.1, 0.15) is 20.3 Å². The van der Waals surface area contributed by atoms with Crippen LogP contribution in [0.3, 0.4) is 0 Å². The van der Waals surface area contributed by atoms with Crippen molar-refractivity contribution in [1.29, 1.82) is 0 Å². The largest absolute Gasteiger partial charge is 0.355 e. The van der Waals surface area contributed by atoms with Crippen molar-refractivity contribution in [3.8, 4) is 0 Å². The number of thioether (sulfide) groups is 1. The number of rotatable bonds is 6. The van der Waals surface area contributed by atoms with E-state index in [0.717, 1.165) is 6.42 Å². The van der Waals surface area contributed by atoms with Gasteiger partial charge in [0.15, 0.2) is 11.2 Å². The fraction of sp³-hybridized carbons (Fsp3) is 0.545. The molecule has 2 rings (SSSR count). The van der Waals surface area contributed by atoms with Crippen LogP contribution in [-0.4, -0.2) is 43.2 Å². The highest BCUT2D eigenvalue weighted by molar-refractivity contribution is 8.00. The molecule has 0 bridgehead atoms. The highest BCUT2D eigenvalue weighted by Crippen LogP contribution is 2.21. The van der Waals surface area contributed by atoms with Gasteiger partial charge in [0.2, 0.25) is 5.91 Å². The van der Waals surface area contributed by atoms with Crippen LogP contribution in [0.2, 0.25) is 0 Å². The molecule has 2 aromatic rings. The molecular formula is C11H16N6OS. The standard InChI is InChI=1S/C11H16N6OS/c1-3-5-12-8(18)6-19-11-9-10(13-7-14-11)17(4-2)16-15-9/h7H,3-6H2,1-2H3,(H,12,18). The Morgan fingerprint density at radius 3 is 3.00 bits per heavy atom. The van der Waals surface area contributed by atoms with Crippen molar-refractivity contribution < 1.29 is 4.79 Å². The van der Waals surface area contributed by atoms with E-state index in [1.165, 1.54) is 18.1 Å². The van der Waals surface area contributed by atoms with Gasteiger partial charge in [0.1, 0.15) is 11.4 Å². The Morgan fingerprint density at radius 2 is 2.26 bits per heavy atom. The average Bonchev–Trinajstić information content (AvgIpc) is 2.86. The molecular weight excluding hydrogens is 264 g/mol. The SMILES string of the molecule is CCCNC(=O)CSc1ncnc2c1nnn2CC. The summed E-state index contributed by atoms with van der Waals surface area (Å²) >= 11 is 1.35. The molecule has 1 amide bonds. The lowest BCUT2D eigenvalue weighted by Gasteiger charge is -2.03. The van der Waals surface area contributed by atoms with Crippen molar-refractivity contribution in [2.45, 2.75) is 31.8 Å². The minimum Gasteiger partial charge on any atom is -0.355 e. The van der Waals surface area contributed by atoms with Gasteiger partial charge in [0, 0.05) is 13.1 Å². The van der Waals surface area contributed by atoms with Gasteiger partial charge in [-0.3, -0.25) is 4.79 Å². The molecule has 19 heavy (non-hydrogen) atoms. The maximum Gasteiger partial charge on any atom is 0.230 e. The second kappa shape index (κ2) is 6.46. The van der Waals surface area contributed by atoms with E-state index in [4.69, 9.17) is 0 Å². The molecule has 0 fully saturated rings. The van der Waals surface area contributed by atoms with Crippen molar-refractivity contribution in [3.05, 3.63) is 6.33 Å². The van der Waals surface area contributed by atoms with Gasteiger partial charge in [-0.1, -0.05) is 23.9 Å². The third-order valence-electron chi connectivity index (χ3n) is 2.48. The number of fused-ring (bicyclic) bond motifs is 1. The summed E-state index contributed by atoms with van der Waals surface area (Å²) in [5, 5.41) is 11.6. The van der Waals surface area contributed by atoms with Crippen LogP contribution in [0.15, 0.2) is 11.4 Å². The summed E-state index contributed by atoms with van der Waals surface area (Å²) in [4.78, 5) is 19.9. The number of hydrogen-bond acceptors (Lipinski definition) is 6. The molecule has 0 aliphatic carbocycles. The number of aromatic nitrogens is 5. The van der Waals surface area contributed by atoms with Gasteiger partial charge in [0.25, 0.3) is 0 Å². The first-order valence-electron chi connectivity index (χ1n) is 6.20. The van der Waals surface area contributed by atoms with Crippen molar-refractivity contribution in [2.75, 3.05) is 12.3 Å². The van der Waals surface area contributed by atoms with Crippen molar-refractivity contribution in [2.24, 2.45) is 0 Å². The zero-order valence-corrected chi connectivity index (χ0v) is 11.8. The Kier molecular flexibility index (Phi) is 4.67. The molecule has 2 aromatic heterocycles. The second-order valence-electron chi connectivity index (χ2n) is 3.89. The zero-order chi connectivity index (χ0) is 13.7. The highest BCUT2D eigenvalue weighted by Gasteiger charge is 2.12. The number of carbonyl (C=O) groups is 1. The Labute approximate surface area is 115 Å². The predicted octanol–water partition coefficient (Wildman–Crippen LogP) is 0.859. The molecule has 0 aliphatic heterocycles. The number of hydrogen-bond donors (Lipinski definition) is 1. The van der Waals surface area contributed by atoms with E-state index in [2.05, 4.69) is 25.6 Å². The molecule has 0 atom stereocenters. The molecule has 0 aliphatic rings. The number of nitrogens with one attached hydrogen (secondary N) is 1. The van der Waals surface area contributed by atoms with E-state index in [1.54, 1.807) is 4.68 Å². The zero-order valence-electron chi connectivity index (χ0n) is 11.0. The van der Waals surface area contributed by atoms with E-state index in [9.17, 15) is 4.79 Å². The molecule has 2 heterocycles. The molecule has 102 valence electrons. The van der Waals surface area contributed by atoms with E-state index in [-0.39, 0.29) is 5.91 Å². The first-order valence-corrected chi connectivity index (χ1v) is 7.18. The molecule has 0 radical (unpaired) electrons. The molecule has 0 saturated carbocycles. The maximum atomic E-state index is 11.6. The molecule has 8 heteroatoms. The summed E-state index contributed by atoms with van der Waals surface area (Å²) in [7, 11) is 0. The topological polar surface area (TPSA) is 85.6 Å². The van der Waals surface area contributed by atoms with Gasteiger partial charge in [-0.2, -0.15) is 0 Å². The lowest BCUT2D eigenvalue weighted by molar-refractivity contribution is -0.118. The minimum atomic E-state index is 0.00138. The molecule has 0 spiro atoms. The fourth-order valence-corrected chi connectivity index (χ4v) is 2.30. The Balaban J connectivity index is 2.08. The van der Waals surface area contributed by atoms with Crippen molar-refractivity contribution in [3.63, 3.8) is 0 Å². The molecule has 0 unspecified atom stereocenters. The maximum absolute atomic E-state index is 11.6. The Hall–Kier alpha value is -1.70. The van der Waals surface area contributed by atoms with Crippen LogP contribution in [-0.2, 0) is 11.3 Å². The van der Waals surface area contributed by atoms with Gasteiger partial charge >= 0.3 is 0 Å². The minimum absolute atomic E-state index is 0.00138. The van der Waals surface area contributed by atoms with Gasteiger partial charge in [-0.15, -0.1) is 5.10 Å². The molecule has 0 aromatic carbocycles. The third kappa shape index (κ3) is 3.19. The number of amides is 1. The normalized spacial score (nSPS) is 10.8. The quantitative estimate of drug-likeness (QED) is 0.624. The molecule has 7 nitrogen and oxygen atoms in total. The van der Waals surface area contributed by atoms with E-state index >= 15 is 0 Å². The van der Waals surface area contributed by atoms with E-state index in [1.807, 2.05) is 13.8 Å². The molecule has 1 N–H and O–H groups in total. The van der Waals surface area contributed by atoms with Crippen LogP contribution in [0.5, 0.6) is 0 Å². The average molecular weight is 280 g/mol. The summed E-state index contributed by atoms with van der Waals surface area (Å²) in [6.45, 7) is 5.39. The predicted molar refractivity (Wildman–Crippen MR) is 72.8 cm³/mol. The summed E-state index contributed by atoms with van der Waals surface area (Å²) in [6, 6.07) is 0. The van der Waals surface area contributed by atoms with E-state index in [0.29, 0.717) is 35.0 Å². The number of carbonyl (C=O) groups excluding carboxylic acids is 1. The molecule has 0 saturated heterocycles. The Bertz CT molecular complexity index is 569. The van der Waals surface area contributed by atoms with Crippen LogP contribution in [0.4, 0.5) is 0 Å². The fourth-order valence-electron chi connectivity index (χ4n) is 1.54. The summed E-state index contributed by atoms with van der Waals surface area (Å²) in [5.74, 6) is 0.326. The van der Waals surface area contributed by atoms with Crippen molar-refractivity contribution in [1.82, 2.24) is 30.3 Å². The van der Waals surface area contributed by atoms with Crippen LogP contribution >= 0.6 is 11.8 Å². The Morgan fingerprint density at radius 1 is 1.42 bits per heavy atom. The highest BCUT2D eigenvalue weighted by atomic mass is 32.2. The first kappa shape index (κ1) is 13.7. The van der Waals surface area contributed by atoms with Gasteiger partial charge < -0.3 is 5.32 Å². The summed E-state index contributed by atoms with van der Waals surface area (Å²) in [6.07, 6.45) is 2.41.